The fourth-order valence-electron chi connectivity index (χ4n) is 3.37. The lowest BCUT2D eigenvalue weighted by molar-refractivity contribution is 0.402. The zero-order valence-corrected chi connectivity index (χ0v) is 13.5. The van der Waals surface area contributed by atoms with E-state index in [1.807, 2.05) is 24.3 Å². The average Bonchev–Trinajstić information content (AvgIpc) is 2.93. The molecule has 1 aliphatic rings. The minimum absolute atomic E-state index is 0. The third-order valence-corrected chi connectivity index (χ3v) is 4.36. The van der Waals surface area contributed by atoms with E-state index in [1.54, 1.807) is 13.2 Å². The van der Waals surface area contributed by atoms with Crippen LogP contribution < -0.4 is 10.1 Å². The smallest absolute Gasteiger partial charge is 0.124 e. The molecule has 3 aromatic rings. The van der Waals surface area contributed by atoms with Crippen molar-refractivity contribution in [1.29, 1.82) is 0 Å². The van der Waals surface area contributed by atoms with E-state index in [-0.39, 0.29) is 24.3 Å². The Hall–Kier alpha value is -2.04. The number of rotatable bonds is 2. The largest absolute Gasteiger partial charge is 0.496 e. The van der Waals surface area contributed by atoms with Crippen molar-refractivity contribution in [3.63, 3.8) is 0 Å². The van der Waals surface area contributed by atoms with Gasteiger partial charge in [0.05, 0.1) is 13.2 Å². The highest BCUT2D eigenvalue weighted by Gasteiger charge is 2.27. The number of methoxy groups -OCH3 is 1. The van der Waals surface area contributed by atoms with Crippen LogP contribution in [-0.4, -0.2) is 18.6 Å². The summed E-state index contributed by atoms with van der Waals surface area (Å²) < 4.78 is 19.1. The Labute approximate surface area is 140 Å². The SMILES string of the molecule is COc1ccccc1C1NCCc2c1[nH]c1ccc(F)cc21.Cl. The topological polar surface area (TPSA) is 37.0 Å². The summed E-state index contributed by atoms with van der Waals surface area (Å²) in [5, 5.41) is 4.52. The lowest BCUT2D eigenvalue weighted by Crippen LogP contribution is -2.30. The number of hydrogen-bond acceptors (Lipinski definition) is 2. The molecule has 0 amide bonds. The number of ether oxygens (including phenoxy) is 1. The minimum atomic E-state index is -0.193. The minimum Gasteiger partial charge on any atom is -0.496 e. The number of nitrogens with one attached hydrogen (secondary N) is 2. The zero-order chi connectivity index (χ0) is 15.1. The van der Waals surface area contributed by atoms with Crippen molar-refractivity contribution >= 4 is 23.3 Å². The number of hydrogen-bond donors (Lipinski definition) is 2. The molecule has 0 spiro atoms. The average molecular weight is 333 g/mol. The second kappa shape index (κ2) is 6.22. The van der Waals surface area contributed by atoms with E-state index < -0.39 is 0 Å². The molecule has 0 aliphatic carbocycles. The maximum Gasteiger partial charge on any atom is 0.124 e. The first kappa shape index (κ1) is 15.8. The van der Waals surface area contributed by atoms with Gasteiger partial charge in [-0.25, -0.2) is 4.39 Å². The standard InChI is InChI=1S/C18H17FN2O.ClH/c1-22-16-5-3-2-4-13(16)17-18-12(8-9-20-17)14-10-11(19)6-7-15(14)21-18;/h2-7,10,17,20-21H,8-9H2,1H3;1H. The molecule has 2 heterocycles. The van der Waals surface area contributed by atoms with Gasteiger partial charge in [-0.1, -0.05) is 18.2 Å². The fourth-order valence-corrected chi connectivity index (χ4v) is 3.37. The molecule has 1 atom stereocenters. The van der Waals surface area contributed by atoms with Gasteiger partial charge in [0, 0.05) is 28.7 Å². The lowest BCUT2D eigenvalue weighted by Gasteiger charge is -2.26. The number of benzene rings is 2. The number of para-hydroxylation sites is 1. The van der Waals surface area contributed by atoms with Crippen molar-refractivity contribution in [3.05, 3.63) is 65.1 Å². The number of aromatic nitrogens is 1. The monoisotopic (exact) mass is 332 g/mol. The van der Waals surface area contributed by atoms with Crippen molar-refractivity contribution in [2.75, 3.05) is 13.7 Å². The van der Waals surface area contributed by atoms with Gasteiger partial charge in [0.15, 0.2) is 0 Å². The number of halogens is 2. The van der Waals surface area contributed by atoms with E-state index >= 15 is 0 Å². The summed E-state index contributed by atoms with van der Waals surface area (Å²) in [6.45, 7) is 0.860. The number of aromatic amines is 1. The van der Waals surface area contributed by atoms with Crippen molar-refractivity contribution in [1.82, 2.24) is 10.3 Å². The molecule has 5 heteroatoms. The molecule has 120 valence electrons. The highest BCUT2D eigenvalue weighted by atomic mass is 35.5. The van der Waals surface area contributed by atoms with Crippen LogP contribution in [0.25, 0.3) is 10.9 Å². The lowest BCUT2D eigenvalue weighted by atomic mass is 9.94. The van der Waals surface area contributed by atoms with Crippen LogP contribution in [0.3, 0.4) is 0 Å². The predicted octanol–water partition coefficient (Wildman–Crippen LogP) is 3.97. The maximum absolute atomic E-state index is 13.6. The molecule has 0 radical (unpaired) electrons. The molecule has 23 heavy (non-hydrogen) atoms. The number of fused-ring (bicyclic) bond motifs is 3. The van der Waals surface area contributed by atoms with E-state index in [1.165, 1.54) is 11.6 Å². The summed E-state index contributed by atoms with van der Waals surface area (Å²) in [7, 11) is 1.68. The van der Waals surface area contributed by atoms with Crippen LogP contribution in [0.4, 0.5) is 4.39 Å². The first-order valence-electron chi connectivity index (χ1n) is 7.44. The molecule has 0 saturated heterocycles. The predicted molar refractivity (Wildman–Crippen MR) is 92.0 cm³/mol. The van der Waals surface area contributed by atoms with Crippen LogP contribution in [-0.2, 0) is 6.42 Å². The molecule has 1 aliphatic heterocycles. The molecule has 0 fully saturated rings. The van der Waals surface area contributed by atoms with Crippen molar-refractivity contribution < 1.29 is 9.13 Å². The molecule has 4 rings (SSSR count). The quantitative estimate of drug-likeness (QED) is 0.745. The van der Waals surface area contributed by atoms with Crippen LogP contribution >= 0.6 is 12.4 Å². The van der Waals surface area contributed by atoms with E-state index in [9.17, 15) is 4.39 Å². The van der Waals surface area contributed by atoms with Crippen molar-refractivity contribution in [2.24, 2.45) is 0 Å². The van der Waals surface area contributed by atoms with E-state index in [4.69, 9.17) is 4.74 Å². The Bertz CT molecular complexity index is 846. The van der Waals surface area contributed by atoms with Gasteiger partial charge >= 0.3 is 0 Å². The first-order valence-corrected chi connectivity index (χ1v) is 7.44. The third-order valence-electron chi connectivity index (χ3n) is 4.36. The van der Waals surface area contributed by atoms with Crippen LogP contribution in [0.15, 0.2) is 42.5 Å². The van der Waals surface area contributed by atoms with Crippen LogP contribution in [0.2, 0.25) is 0 Å². The Kier molecular flexibility index (Phi) is 4.28. The molecule has 2 aromatic carbocycles. The molecule has 3 nitrogen and oxygen atoms in total. The van der Waals surface area contributed by atoms with Gasteiger partial charge in [-0.3, -0.25) is 0 Å². The van der Waals surface area contributed by atoms with Crippen LogP contribution in [0.1, 0.15) is 22.9 Å². The molecular formula is C18H18ClFN2O. The summed E-state index contributed by atoms with van der Waals surface area (Å²) >= 11 is 0. The Morgan fingerprint density at radius 2 is 2.00 bits per heavy atom. The number of H-pyrrole nitrogens is 1. The van der Waals surface area contributed by atoms with Crippen molar-refractivity contribution in [3.8, 4) is 5.75 Å². The summed E-state index contributed by atoms with van der Waals surface area (Å²) in [6, 6.07) is 13.0. The van der Waals surface area contributed by atoms with Gasteiger partial charge in [0.2, 0.25) is 0 Å². The Balaban J connectivity index is 0.00000156. The van der Waals surface area contributed by atoms with Gasteiger partial charge in [-0.05, 0) is 36.2 Å². The first-order chi connectivity index (χ1) is 10.8. The second-order valence-electron chi connectivity index (χ2n) is 5.59. The molecule has 0 bridgehead atoms. The van der Waals surface area contributed by atoms with Gasteiger partial charge < -0.3 is 15.0 Å². The maximum atomic E-state index is 13.6. The Morgan fingerprint density at radius 1 is 1.17 bits per heavy atom. The van der Waals surface area contributed by atoms with E-state index in [0.717, 1.165) is 40.9 Å². The van der Waals surface area contributed by atoms with Gasteiger partial charge in [0.1, 0.15) is 11.6 Å². The fraction of sp³-hybridized carbons (Fsp3) is 0.222. The highest BCUT2D eigenvalue weighted by Crippen LogP contribution is 2.36. The third kappa shape index (κ3) is 2.58. The second-order valence-corrected chi connectivity index (χ2v) is 5.59. The highest BCUT2D eigenvalue weighted by molar-refractivity contribution is 5.86. The van der Waals surface area contributed by atoms with E-state index in [0.29, 0.717) is 0 Å². The van der Waals surface area contributed by atoms with Crippen molar-refractivity contribution in [2.45, 2.75) is 12.5 Å². The van der Waals surface area contributed by atoms with Crippen LogP contribution in [0.5, 0.6) is 5.75 Å². The van der Waals surface area contributed by atoms with Gasteiger partial charge in [0.25, 0.3) is 0 Å². The molecule has 1 unspecified atom stereocenters. The Morgan fingerprint density at radius 3 is 2.83 bits per heavy atom. The molecule has 0 saturated carbocycles. The summed E-state index contributed by atoms with van der Waals surface area (Å²) in [6.07, 6.45) is 0.893. The summed E-state index contributed by atoms with van der Waals surface area (Å²) in [5.74, 6) is 0.666. The summed E-state index contributed by atoms with van der Waals surface area (Å²) in [5.41, 5.74) is 4.38. The molecule has 1 aromatic heterocycles. The summed E-state index contributed by atoms with van der Waals surface area (Å²) in [4.78, 5) is 3.46. The normalized spacial score (nSPS) is 16.7. The van der Waals surface area contributed by atoms with Gasteiger partial charge in [-0.2, -0.15) is 0 Å². The van der Waals surface area contributed by atoms with E-state index in [2.05, 4.69) is 16.4 Å². The molecule has 2 N–H and O–H groups in total. The zero-order valence-electron chi connectivity index (χ0n) is 12.7. The molecular weight excluding hydrogens is 315 g/mol. The van der Waals surface area contributed by atoms with Gasteiger partial charge in [-0.15, -0.1) is 12.4 Å². The van der Waals surface area contributed by atoms with Crippen LogP contribution in [0, 0.1) is 5.82 Å².